The van der Waals surface area contributed by atoms with Crippen molar-refractivity contribution >= 4 is 23.5 Å². The van der Waals surface area contributed by atoms with Gasteiger partial charge in [0.25, 0.3) is 0 Å². The molecule has 0 spiro atoms. The van der Waals surface area contributed by atoms with Gasteiger partial charge in [0.15, 0.2) is 0 Å². The summed E-state index contributed by atoms with van der Waals surface area (Å²) in [5.74, 6) is 1.20. The number of carbonyl (C=O) groups is 1. The zero-order valence-corrected chi connectivity index (χ0v) is 19.1. The standard InChI is InChI=1S/C24H30N6O3/c1-24(2,3)33-23(32)27-10-5-9-26-22-28-14-19(15-29-22)18-8-11-25-21(13-18)30-20-7-4-6-17(12-20)16-31/h4,6-8,11-15,31H,5,9-10,16H2,1-3H3,(H,25,30)(H,27,32)(H,26,28,29). The molecule has 0 bridgehead atoms. The van der Waals surface area contributed by atoms with Crippen molar-refractivity contribution in [2.24, 2.45) is 0 Å². The highest BCUT2D eigenvalue weighted by molar-refractivity contribution is 5.68. The predicted octanol–water partition coefficient (Wildman–Crippen LogP) is 4.10. The minimum Gasteiger partial charge on any atom is -0.444 e. The lowest BCUT2D eigenvalue weighted by molar-refractivity contribution is 0.0528. The molecule has 0 saturated carbocycles. The van der Waals surface area contributed by atoms with Crippen LogP contribution in [0.2, 0.25) is 0 Å². The molecule has 0 fully saturated rings. The Bertz CT molecular complexity index is 1050. The Balaban J connectivity index is 1.49. The number of aliphatic hydroxyl groups is 1. The van der Waals surface area contributed by atoms with Crippen LogP contribution in [-0.4, -0.2) is 44.8 Å². The lowest BCUT2D eigenvalue weighted by Gasteiger charge is -2.19. The van der Waals surface area contributed by atoms with Crippen molar-refractivity contribution in [2.75, 3.05) is 23.7 Å². The van der Waals surface area contributed by atoms with Crippen LogP contribution in [0.15, 0.2) is 55.0 Å². The number of alkyl carbamates (subject to hydrolysis) is 1. The number of hydrogen-bond donors (Lipinski definition) is 4. The zero-order valence-electron chi connectivity index (χ0n) is 19.1. The molecule has 174 valence electrons. The van der Waals surface area contributed by atoms with Crippen molar-refractivity contribution in [3.63, 3.8) is 0 Å². The van der Waals surface area contributed by atoms with Gasteiger partial charge in [-0.05, 0) is 62.6 Å². The van der Waals surface area contributed by atoms with Crippen molar-refractivity contribution in [3.05, 3.63) is 60.6 Å². The van der Waals surface area contributed by atoms with E-state index in [0.717, 1.165) is 22.4 Å². The lowest BCUT2D eigenvalue weighted by atomic mass is 10.1. The highest BCUT2D eigenvalue weighted by Crippen LogP contribution is 2.23. The summed E-state index contributed by atoms with van der Waals surface area (Å²) in [6.45, 7) is 6.58. The Morgan fingerprint density at radius 2 is 1.82 bits per heavy atom. The van der Waals surface area contributed by atoms with Gasteiger partial charge < -0.3 is 25.8 Å². The van der Waals surface area contributed by atoms with E-state index in [0.29, 0.717) is 31.3 Å². The molecular weight excluding hydrogens is 420 g/mol. The maximum atomic E-state index is 11.6. The summed E-state index contributed by atoms with van der Waals surface area (Å²) < 4.78 is 5.20. The van der Waals surface area contributed by atoms with Crippen LogP contribution in [0.3, 0.4) is 0 Å². The quantitative estimate of drug-likeness (QED) is 0.360. The SMILES string of the molecule is CC(C)(C)OC(=O)NCCCNc1ncc(-c2ccnc(Nc3cccc(CO)c3)c2)cn1. The molecule has 33 heavy (non-hydrogen) atoms. The number of hydrogen-bond acceptors (Lipinski definition) is 8. The third-order valence-corrected chi connectivity index (χ3v) is 4.43. The van der Waals surface area contributed by atoms with Gasteiger partial charge in [0.1, 0.15) is 11.4 Å². The number of rotatable bonds is 9. The molecule has 0 atom stereocenters. The maximum Gasteiger partial charge on any atom is 0.407 e. The molecule has 4 N–H and O–H groups in total. The first kappa shape index (κ1) is 23.9. The van der Waals surface area contributed by atoms with Gasteiger partial charge in [-0.2, -0.15) is 0 Å². The van der Waals surface area contributed by atoms with Crippen molar-refractivity contribution in [2.45, 2.75) is 39.4 Å². The van der Waals surface area contributed by atoms with Gasteiger partial charge in [0.2, 0.25) is 5.95 Å². The number of amides is 1. The summed E-state index contributed by atoms with van der Waals surface area (Å²) >= 11 is 0. The third-order valence-electron chi connectivity index (χ3n) is 4.43. The Labute approximate surface area is 193 Å². The Kier molecular flexibility index (Phi) is 8.15. The van der Waals surface area contributed by atoms with Crippen LogP contribution in [0.4, 0.5) is 22.2 Å². The van der Waals surface area contributed by atoms with Gasteiger partial charge in [-0.3, -0.25) is 0 Å². The number of anilines is 3. The summed E-state index contributed by atoms with van der Waals surface area (Å²) in [7, 11) is 0. The van der Waals surface area contributed by atoms with Crippen LogP contribution in [0.1, 0.15) is 32.8 Å². The van der Waals surface area contributed by atoms with E-state index in [4.69, 9.17) is 4.74 Å². The van der Waals surface area contributed by atoms with Crippen LogP contribution in [0.25, 0.3) is 11.1 Å². The summed E-state index contributed by atoms with van der Waals surface area (Å²) in [6.07, 6.45) is 5.51. The van der Waals surface area contributed by atoms with E-state index in [1.165, 1.54) is 0 Å². The monoisotopic (exact) mass is 450 g/mol. The van der Waals surface area contributed by atoms with Gasteiger partial charge in [-0.15, -0.1) is 0 Å². The molecule has 0 unspecified atom stereocenters. The molecule has 2 heterocycles. The van der Waals surface area contributed by atoms with E-state index in [1.54, 1.807) is 18.6 Å². The fraction of sp³-hybridized carbons (Fsp3) is 0.333. The molecule has 0 aliphatic rings. The molecule has 0 radical (unpaired) electrons. The molecule has 0 aliphatic carbocycles. The second-order valence-electron chi connectivity index (χ2n) is 8.42. The molecule has 3 aromatic rings. The summed E-state index contributed by atoms with van der Waals surface area (Å²) in [4.78, 5) is 24.7. The molecule has 3 rings (SSSR count). The fourth-order valence-electron chi connectivity index (χ4n) is 2.94. The minimum absolute atomic E-state index is 0.0129. The Morgan fingerprint density at radius 3 is 2.55 bits per heavy atom. The summed E-state index contributed by atoms with van der Waals surface area (Å²) in [5.41, 5.74) is 2.96. The third kappa shape index (κ3) is 8.04. The van der Waals surface area contributed by atoms with Crippen LogP contribution in [-0.2, 0) is 11.3 Å². The highest BCUT2D eigenvalue weighted by Gasteiger charge is 2.15. The van der Waals surface area contributed by atoms with E-state index < -0.39 is 11.7 Å². The first-order chi connectivity index (χ1) is 15.8. The van der Waals surface area contributed by atoms with E-state index in [2.05, 4.69) is 30.9 Å². The predicted molar refractivity (Wildman–Crippen MR) is 128 cm³/mol. The van der Waals surface area contributed by atoms with Crippen molar-refractivity contribution < 1.29 is 14.6 Å². The van der Waals surface area contributed by atoms with E-state index in [1.807, 2.05) is 57.2 Å². The molecule has 0 saturated heterocycles. The highest BCUT2D eigenvalue weighted by atomic mass is 16.6. The van der Waals surface area contributed by atoms with Crippen LogP contribution in [0.5, 0.6) is 0 Å². The number of aromatic nitrogens is 3. The average Bonchev–Trinajstić information content (AvgIpc) is 2.78. The lowest BCUT2D eigenvalue weighted by Crippen LogP contribution is -2.33. The maximum absolute atomic E-state index is 11.6. The smallest absolute Gasteiger partial charge is 0.407 e. The van der Waals surface area contributed by atoms with Crippen molar-refractivity contribution in [1.29, 1.82) is 0 Å². The molecule has 2 aromatic heterocycles. The van der Waals surface area contributed by atoms with Gasteiger partial charge in [-0.25, -0.2) is 19.7 Å². The molecule has 0 aliphatic heterocycles. The van der Waals surface area contributed by atoms with E-state index in [9.17, 15) is 9.90 Å². The number of pyridine rings is 1. The first-order valence-electron chi connectivity index (χ1n) is 10.8. The zero-order chi connectivity index (χ0) is 23.7. The summed E-state index contributed by atoms with van der Waals surface area (Å²) in [6, 6.07) is 11.3. The molecular formula is C24H30N6O3. The number of ether oxygens (including phenoxy) is 1. The Hall–Kier alpha value is -3.72. The van der Waals surface area contributed by atoms with Crippen molar-refractivity contribution in [3.8, 4) is 11.1 Å². The van der Waals surface area contributed by atoms with E-state index in [-0.39, 0.29) is 6.61 Å². The molecule has 9 nitrogen and oxygen atoms in total. The minimum atomic E-state index is -0.505. The number of carbonyl (C=O) groups excluding carboxylic acids is 1. The van der Waals surface area contributed by atoms with Crippen LogP contribution < -0.4 is 16.0 Å². The molecule has 9 heteroatoms. The second-order valence-corrected chi connectivity index (χ2v) is 8.42. The average molecular weight is 451 g/mol. The number of nitrogens with one attached hydrogen (secondary N) is 3. The van der Waals surface area contributed by atoms with E-state index >= 15 is 0 Å². The molecule has 1 aromatic carbocycles. The van der Waals surface area contributed by atoms with Gasteiger partial charge >= 0.3 is 6.09 Å². The summed E-state index contributed by atoms with van der Waals surface area (Å²) in [5, 5.41) is 18.4. The second kappa shape index (κ2) is 11.2. The molecule has 1 amide bonds. The number of benzene rings is 1. The number of aliphatic hydroxyl groups excluding tert-OH is 1. The van der Waals surface area contributed by atoms with Gasteiger partial charge in [0, 0.05) is 42.9 Å². The van der Waals surface area contributed by atoms with Gasteiger partial charge in [-0.1, -0.05) is 12.1 Å². The van der Waals surface area contributed by atoms with Crippen LogP contribution >= 0.6 is 0 Å². The number of nitrogens with zero attached hydrogens (tertiary/aromatic N) is 3. The Morgan fingerprint density at radius 1 is 1.03 bits per heavy atom. The topological polar surface area (TPSA) is 121 Å². The van der Waals surface area contributed by atoms with Crippen LogP contribution in [0, 0.1) is 0 Å². The normalized spacial score (nSPS) is 11.0. The van der Waals surface area contributed by atoms with Gasteiger partial charge in [0.05, 0.1) is 6.61 Å². The first-order valence-corrected chi connectivity index (χ1v) is 10.8. The largest absolute Gasteiger partial charge is 0.444 e. The van der Waals surface area contributed by atoms with Crippen molar-refractivity contribution in [1.82, 2.24) is 20.3 Å². The fourth-order valence-corrected chi connectivity index (χ4v) is 2.94.